The summed E-state index contributed by atoms with van der Waals surface area (Å²) in [6.45, 7) is 8.78. The summed E-state index contributed by atoms with van der Waals surface area (Å²) < 4.78 is 5.32. The number of esters is 1. The van der Waals surface area contributed by atoms with Crippen LogP contribution in [0, 0.1) is 6.92 Å². The van der Waals surface area contributed by atoms with Crippen LogP contribution in [0.2, 0.25) is 0 Å². The molecule has 0 bridgehead atoms. The summed E-state index contributed by atoms with van der Waals surface area (Å²) in [5, 5.41) is 4.01. The van der Waals surface area contributed by atoms with E-state index >= 15 is 0 Å². The van der Waals surface area contributed by atoms with Crippen LogP contribution in [-0.2, 0) is 9.53 Å². The first-order chi connectivity index (χ1) is 16.0. The van der Waals surface area contributed by atoms with Gasteiger partial charge >= 0.3 is 12.0 Å². The van der Waals surface area contributed by atoms with Crippen LogP contribution in [0.15, 0.2) is 54.7 Å². The molecule has 4 rings (SSSR count). The molecule has 1 aromatic heterocycles. The number of nitrogens with one attached hydrogen (secondary N) is 2. The maximum absolute atomic E-state index is 13.1. The third kappa shape index (κ3) is 4.82. The molecule has 2 aromatic carbocycles. The summed E-state index contributed by atoms with van der Waals surface area (Å²) in [4.78, 5) is 33.3. The molecular formula is C26H32N4O3. The summed E-state index contributed by atoms with van der Waals surface area (Å²) in [6.07, 6.45) is 1.91. The Kier molecular flexibility index (Phi) is 6.87. The third-order valence-electron chi connectivity index (χ3n) is 6.45. The van der Waals surface area contributed by atoms with Gasteiger partial charge in [0.1, 0.15) is 6.04 Å². The van der Waals surface area contributed by atoms with Gasteiger partial charge in [-0.15, -0.1) is 0 Å². The van der Waals surface area contributed by atoms with E-state index in [1.165, 1.54) is 11.3 Å². The van der Waals surface area contributed by atoms with E-state index in [2.05, 4.69) is 34.3 Å². The Morgan fingerprint density at radius 2 is 1.76 bits per heavy atom. The van der Waals surface area contributed by atoms with Crippen LogP contribution in [-0.4, -0.2) is 60.7 Å². The number of carbonyl (C=O) groups is 2. The van der Waals surface area contributed by atoms with E-state index in [9.17, 15) is 9.59 Å². The van der Waals surface area contributed by atoms with E-state index in [1.807, 2.05) is 49.5 Å². The van der Waals surface area contributed by atoms with Crippen molar-refractivity contribution >= 4 is 28.6 Å². The van der Waals surface area contributed by atoms with Crippen molar-refractivity contribution in [2.45, 2.75) is 32.7 Å². The molecule has 1 saturated heterocycles. The minimum Gasteiger partial charge on any atom is -0.464 e. The highest BCUT2D eigenvalue weighted by atomic mass is 16.5. The van der Waals surface area contributed by atoms with E-state index in [4.69, 9.17) is 4.74 Å². The molecule has 33 heavy (non-hydrogen) atoms. The fourth-order valence-electron chi connectivity index (χ4n) is 4.56. The van der Waals surface area contributed by atoms with Gasteiger partial charge in [-0.1, -0.05) is 43.3 Å². The number of piperazine rings is 1. The van der Waals surface area contributed by atoms with E-state index in [0.717, 1.165) is 29.6 Å². The summed E-state index contributed by atoms with van der Waals surface area (Å²) >= 11 is 0. The predicted octanol–water partition coefficient (Wildman–Crippen LogP) is 4.04. The van der Waals surface area contributed by atoms with Gasteiger partial charge in [-0.2, -0.15) is 0 Å². The van der Waals surface area contributed by atoms with Crippen LogP contribution < -0.4 is 10.2 Å². The number of carbonyl (C=O) groups excluding carboxylic acids is 2. The van der Waals surface area contributed by atoms with Gasteiger partial charge < -0.3 is 24.8 Å². The molecule has 7 heteroatoms. The van der Waals surface area contributed by atoms with Crippen molar-refractivity contribution in [2.24, 2.45) is 0 Å². The van der Waals surface area contributed by atoms with Crippen molar-refractivity contribution in [3.63, 3.8) is 0 Å². The van der Waals surface area contributed by atoms with Crippen molar-refractivity contribution < 1.29 is 14.3 Å². The van der Waals surface area contributed by atoms with Gasteiger partial charge in [-0.25, -0.2) is 9.59 Å². The minimum absolute atomic E-state index is 0.232. The number of amides is 2. The smallest absolute Gasteiger partial charge is 0.329 e. The van der Waals surface area contributed by atoms with Gasteiger partial charge in [0.2, 0.25) is 0 Å². The number of anilines is 1. The number of aromatic nitrogens is 1. The van der Waals surface area contributed by atoms with Crippen LogP contribution in [0.3, 0.4) is 0 Å². The molecule has 1 aliphatic rings. The molecule has 0 saturated carbocycles. The van der Waals surface area contributed by atoms with Gasteiger partial charge in [0.25, 0.3) is 0 Å². The van der Waals surface area contributed by atoms with E-state index < -0.39 is 12.0 Å². The first-order valence-electron chi connectivity index (χ1n) is 11.6. The molecule has 2 N–H and O–H groups in total. The maximum atomic E-state index is 13.1. The zero-order valence-electron chi connectivity index (χ0n) is 19.5. The van der Waals surface area contributed by atoms with Gasteiger partial charge in [-0.05, 0) is 37.1 Å². The number of aromatic amines is 1. The van der Waals surface area contributed by atoms with Gasteiger partial charge in [-0.3, -0.25) is 0 Å². The predicted molar refractivity (Wildman–Crippen MR) is 131 cm³/mol. The molecule has 2 amide bonds. The number of rotatable bonds is 6. The number of fused-ring (bicyclic) bond motifs is 1. The third-order valence-corrected chi connectivity index (χ3v) is 6.45. The zero-order chi connectivity index (χ0) is 23.4. The zero-order valence-corrected chi connectivity index (χ0v) is 19.5. The fourth-order valence-corrected chi connectivity index (χ4v) is 4.56. The Morgan fingerprint density at radius 3 is 2.48 bits per heavy atom. The SMILES string of the molecule is CCOC(=O)[C@H](NC(=O)N1CCN(c2ccccc2C)CC1)[C@@H](C)c1c[nH]c2ccccc12. The van der Waals surface area contributed by atoms with Gasteiger partial charge in [0, 0.05) is 54.9 Å². The quantitative estimate of drug-likeness (QED) is 0.558. The fraction of sp³-hybridized carbons (Fsp3) is 0.385. The Bertz CT molecular complexity index is 1120. The lowest BCUT2D eigenvalue weighted by molar-refractivity contribution is -0.145. The summed E-state index contributed by atoms with van der Waals surface area (Å²) in [5.41, 5.74) is 4.41. The number of hydrogen-bond acceptors (Lipinski definition) is 4. The molecular weight excluding hydrogens is 416 g/mol. The molecule has 0 aliphatic carbocycles. The average molecular weight is 449 g/mol. The second-order valence-corrected chi connectivity index (χ2v) is 8.52. The normalized spacial score (nSPS) is 15.8. The highest BCUT2D eigenvalue weighted by Crippen LogP contribution is 2.28. The standard InChI is InChI=1S/C26H32N4O3/c1-4-33-25(31)24(19(3)21-17-27-22-11-7-6-10-20(21)22)28-26(32)30-15-13-29(14-16-30)23-12-8-5-9-18(23)2/h5-12,17,19,24,27H,4,13-16H2,1-3H3,(H,28,32)/t19-,24+/m0/s1. The number of aryl methyl sites for hydroxylation is 1. The number of H-pyrrole nitrogens is 1. The highest BCUT2D eigenvalue weighted by Gasteiger charge is 2.33. The van der Waals surface area contributed by atoms with E-state index in [0.29, 0.717) is 13.1 Å². The average Bonchev–Trinajstić information content (AvgIpc) is 3.27. The Labute approximate surface area is 194 Å². The molecule has 174 valence electrons. The van der Waals surface area contributed by atoms with Crippen molar-refractivity contribution in [3.05, 3.63) is 65.9 Å². The molecule has 0 radical (unpaired) electrons. The summed E-state index contributed by atoms with van der Waals surface area (Å²) in [5.74, 6) is -0.667. The molecule has 0 spiro atoms. The van der Waals surface area contributed by atoms with Crippen LogP contribution >= 0.6 is 0 Å². The van der Waals surface area contributed by atoms with Crippen molar-refractivity contribution in [1.82, 2.24) is 15.2 Å². The largest absolute Gasteiger partial charge is 0.464 e. The topological polar surface area (TPSA) is 77.7 Å². The van der Waals surface area contributed by atoms with E-state index in [-0.39, 0.29) is 18.6 Å². The Morgan fingerprint density at radius 1 is 1.06 bits per heavy atom. The van der Waals surface area contributed by atoms with E-state index in [1.54, 1.807) is 11.8 Å². The van der Waals surface area contributed by atoms with Gasteiger partial charge in [0.05, 0.1) is 6.61 Å². The van der Waals surface area contributed by atoms with Crippen molar-refractivity contribution in [2.75, 3.05) is 37.7 Å². The Balaban J connectivity index is 1.46. The first-order valence-corrected chi connectivity index (χ1v) is 11.6. The number of para-hydroxylation sites is 2. The number of ether oxygens (including phenoxy) is 1. The monoisotopic (exact) mass is 448 g/mol. The molecule has 2 heterocycles. The minimum atomic E-state index is -0.772. The van der Waals surface area contributed by atoms with Crippen molar-refractivity contribution in [3.8, 4) is 0 Å². The maximum Gasteiger partial charge on any atom is 0.329 e. The second kappa shape index (κ2) is 9.98. The molecule has 7 nitrogen and oxygen atoms in total. The molecule has 3 aromatic rings. The lowest BCUT2D eigenvalue weighted by atomic mass is 9.93. The van der Waals surface area contributed by atoms with Crippen LogP contribution in [0.5, 0.6) is 0 Å². The van der Waals surface area contributed by atoms with Crippen LogP contribution in [0.1, 0.15) is 30.9 Å². The number of urea groups is 1. The lowest BCUT2D eigenvalue weighted by Crippen LogP contribution is -2.56. The second-order valence-electron chi connectivity index (χ2n) is 8.52. The van der Waals surface area contributed by atoms with Crippen LogP contribution in [0.4, 0.5) is 10.5 Å². The number of nitrogens with zero attached hydrogens (tertiary/aromatic N) is 2. The Hall–Kier alpha value is -3.48. The van der Waals surface area contributed by atoms with Gasteiger partial charge in [0.15, 0.2) is 0 Å². The summed E-state index contributed by atoms with van der Waals surface area (Å²) in [7, 11) is 0. The van der Waals surface area contributed by atoms with Crippen molar-refractivity contribution in [1.29, 1.82) is 0 Å². The lowest BCUT2D eigenvalue weighted by Gasteiger charge is -2.37. The molecule has 2 atom stereocenters. The number of hydrogen-bond donors (Lipinski definition) is 2. The first kappa shape index (κ1) is 22.7. The molecule has 1 aliphatic heterocycles. The molecule has 0 unspecified atom stereocenters. The molecule has 1 fully saturated rings. The van der Waals surface area contributed by atoms with Crippen LogP contribution in [0.25, 0.3) is 10.9 Å². The summed E-state index contributed by atoms with van der Waals surface area (Å²) in [6, 6.07) is 15.2. The highest BCUT2D eigenvalue weighted by molar-refractivity contribution is 5.88. The number of benzene rings is 2.